The fourth-order valence-corrected chi connectivity index (χ4v) is 3.06. The van der Waals surface area contributed by atoms with Crippen molar-refractivity contribution >= 4 is 11.8 Å². The molecule has 0 aliphatic carbocycles. The van der Waals surface area contributed by atoms with Gasteiger partial charge in [-0.1, -0.05) is 48.5 Å². The zero-order chi connectivity index (χ0) is 18.2. The van der Waals surface area contributed by atoms with E-state index in [1.807, 2.05) is 48.5 Å². The molecule has 2 atom stereocenters. The number of hydrogen-bond donors (Lipinski definition) is 2. The summed E-state index contributed by atoms with van der Waals surface area (Å²) in [5.41, 5.74) is 1.48. The van der Waals surface area contributed by atoms with Crippen LogP contribution in [0.25, 0.3) is 0 Å². The highest BCUT2D eigenvalue weighted by atomic mass is 16.5. The minimum absolute atomic E-state index is 0.0947. The van der Waals surface area contributed by atoms with Gasteiger partial charge in [0.15, 0.2) is 0 Å². The van der Waals surface area contributed by atoms with Crippen molar-refractivity contribution in [3.63, 3.8) is 0 Å². The maximum atomic E-state index is 12.5. The van der Waals surface area contributed by atoms with Gasteiger partial charge in [-0.25, -0.2) is 0 Å². The molecule has 1 saturated heterocycles. The van der Waals surface area contributed by atoms with Crippen molar-refractivity contribution in [1.82, 2.24) is 10.6 Å². The van der Waals surface area contributed by atoms with Gasteiger partial charge in [0, 0.05) is 18.7 Å². The average Bonchev–Trinajstić information content (AvgIpc) is 3.21. The van der Waals surface area contributed by atoms with Gasteiger partial charge in [0.2, 0.25) is 5.91 Å². The lowest BCUT2D eigenvalue weighted by Crippen LogP contribution is -2.36. The molecular formula is C21H24N2O3. The summed E-state index contributed by atoms with van der Waals surface area (Å²) in [6.45, 7) is 1.29. The second-order valence-corrected chi connectivity index (χ2v) is 6.45. The summed E-state index contributed by atoms with van der Waals surface area (Å²) in [6, 6.07) is 18.2. The maximum Gasteiger partial charge on any atom is 0.251 e. The molecule has 26 heavy (non-hydrogen) atoms. The van der Waals surface area contributed by atoms with Crippen molar-refractivity contribution in [2.75, 3.05) is 13.2 Å². The summed E-state index contributed by atoms with van der Waals surface area (Å²) < 4.78 is 5.53. The average molecular weight is 352 g/mol. The van der Waals surface area contributed by atoms with Gasteiger partial charge in [0.25, 0.3) is 5.91 Å². The molecule has 5 nitrogen and oxygen atoms in total. The zero-order valence-electron chi connectivity index (χ0n) is 14.7. The van der Waals surface area contributed by atoms with E-state index >= 15 is 0 Å². The third-order valence-corrected chi connectivity index (χ3v) is 4.48. The predicted octanol–water partition coefficient (Wildman–Crippen LogP) is 2.84. The van der Waals surface area contributed by atoms with Crippen molar-refractivity contribution in [1.29, 1.82) is 0 Å². The molecule has 2 aromatic carbocycles. The van der Waals surface area contributed by atoms with Crippen LogP contribution >= 0.6 is 0 Å². The molecule has 2 amide bonds. The summed E-state index contributed by atoms with van der Waals surface area (Å²) >= 11 is 0. The smallest absolute Gasteiger partial charge is 0.251 e. The molecule has 1 heterocycles. The molecule has 1 aliphatic rings. The molecule has 5 heteroatoms. The number of benzene rings is 2. The maximum absolute atomic E-state index is 12.5. The Balaban J connectivity index is 1.63. The third kappa shape index (κ3) is 5.17. The number of hydrogen-bond acceptors (Lipinski definition) is 3. The van der Waals surface area contributed by atoms with E-state index in [9.17, 15) is 9.59 Å². The van der Waals surface area contributed by atoms with Crippen LogP contribution < -0.4 is 10.6 Å². The quantitative estimate of drug-likeness (QED) is 0.805. The Labute approximate surface area is 153 Å². The molecule has 0 spiro atoms. The number of nitrogens with one attached hydrogen (secondary N) is 2. The van der Waals surface area contributed by atoms with E-state index in [1.165, 1.54) is 0 Å². The molecule has 0 bridgehead atoms. The molecule has 0 radical (unpaired) electrons. The van der Waals surface area contributed by atoms with E-state index < -0.39 is 0 Å². The van der Waals surface area contributed by atoms with E-state index in [2.05, 4.69) is 10.6 Å². The lowest BCUT2D eigenvalue weighted by atomic mass is 10.0. The third-order valence-electron chi connectivity index (χ3n) is 4.48. The number of carbonyl (C=O) groups excluding carboxylic acids is 2. The first-order valence-corrected chi connectivity index (χ1v) is 9.01. The Morgan fingerprint density at radius 2 is 1.73 bits per heavy atom. The van der Waals surface area contributed by atoms with Gasteiger partial charge in [0.1, 0.15) is 0 Å². The molecule has 0 unspecified atom stereocenters. The van der Waals surface area contributed by atoms with Gasteiger partial charge in [-0.3, -0.25) is 9.59 Å². The van der Waals surface area contributed by atoms with Crippen LogP contribution in [-0.4, -0.2) is 31.1 Å². The van der Waals surface area contributed by atoms with Gasteiger partial charge < -0.3 is 15.4 Å². The van der Waals surface area contributed by atoms with E-state index in [-0.39, 0.29) is 30.4 Å². The second-order valence-electron chi connectivity index (χ2n) is 6.45. The summed E-state index contributed by atoms with van der Waals surface area (Å²) in [5, 5.41) is 5.90. The van der Waals surface area contributed by atoms with Gasteiger partial charge in [-0.05, 0) is 30.5 Å². The molecule has 136 valence electrons. The van der Waals surface area contributed by atoms with Gasteiger partial charge >= 0.3 is 0 Å². The second kappa shape index (κ2) is 9.15. The number of amides is 2. The van der Waals surface area contributed by atoms with E-state index in [1.54, 1.807) is 12.1 Å². The minimum Gasteiger partial charge on any atom is -0.376 e. The number of ether oxygens (including phenoxy) is 1. The largest absolute Gasteiger partial charge is 0.376 e. The predicted molar refractivity (Wildman–Crippen MR) is 99.7 cm³/mol. The lowest BCUT2D eigenvalue weighted by Gasteiger charge is -2.20. The summed E-state index contributed by atoms with van der Waals surface area (Å²) in [5.74, 6) is -0.283. The Bertz CT molecular complexity index is 713. The van der Waals surface area contributed by atoms with Crippen LogP contribution in [0.1, 0.15) is 41.2 Å². The van der Waals surface area contributed by atoms with Crippen LogP contribution in [0.2, 0.25) is 0 Å². The normalized spacial score (nSPS) is 17.5. The number of carbonyl (C=O) groups is 2. The summed E-state index contributed by atoms with van der Waals surface area (Å²) in [7, 11) is 0. The molecule has 2 aromatic rings. The van der Waals surface area contributed by atoms with Crippen LogP contribution in [0, 0.1) is 0 Å². The van der Waals surface area contributed by atoms with Crippen molar-refractivity contribution in [2.45, 2.75) is 31.4 Å². The lowest BCUT2D eigenvalue weighted by molar-refractivity contribution is -0.122. The van der Waals surface area contributed by atoms with Crippen molar-refractivity contribution in [3.8, 4) is 0 Å². The first-order valence-electron chi connectivity index (χ1n) is 9.01. The first-order chi connectivity index (χ1) is 12.7. The summed E-state index contributed by atoms with van der Waals surface area (Å²) in [6.07, 6.45) is 2.32. The monoisotopic (exact) mass is 352 g/mol. The molecule has 1 aliphatic heterocycles. The van der Waals surface area contributed by atoms with Crippen molar-refractivity contribution in [2.24, 2.45) is 0 Å². The molecule has 0 aromatic heterocycles. The molecular weight excluding hydrogens is 328 g/mol. The van der Waals surface area contributed by atoms with Crippen molar-refractivity contribution < 1.29 is 14.3 Å². The Morgan fingerprint density at radius 1 is 1.04 bits per heavy atom. The standard InChI is InChI=1S/C21H24N2O3/c24-20(22-15-18-12-7-13-26-18)14-19(16-8-3-1-4-9-16)23-21(25)17-10-5-2-6-11-17/h1-6,8-11,18-19H,7,12-15H2,(H,22,24)(H,23,25)/t18-,19+/m1/s1. The molecule has 1 fully saturated rings. The van der Waals surface area contributed by atoms with Crippen LogP contribution in [0.15, 0.2) is 60.7 Å². The van der Waals surface area contributed by atoms with Crippen molar-refractivity contribution in [3.05, 3.63) is 71.8 Å². The molecule has 0 saturated carbocycles. The highest BCUT2D eigenvalue weighted by Crippen LogP contribution is 2.18. The van der Waals surface area contributed by atoms with E-state index in [4.69, 9.17) is 4.74 Å². The van der Waals surface area contributed by atoms with E-state index in [0.717, 1.165) is 25.0 Å². The molecule has 3 rings (SSSR count). The van der Waals surface area contributed by atoms with Gasteiger partial charge in [0.05, 0.1) is 18.6 Å². The first kappa shape index (κ1) is 18.1. The Morgan fingerprint density at radius 3 is 2.38 bits per heavy atom. The zero-order valence-corrected chi connectivity index (χ0v) is 14.7. The topological polar surface area (TPSA) is 67.4 Å². The Hall–Kier alpha value is -2.66. The fourth-order valence-electron chi connectivity index (χ4n) is 3.06. The van der Waals surface area contributed by atoms with Gasteiger partial charge in [-0.15, -0.1) is 0 Å². The van der Waals surface area contributed by atoms with Gasteiger partial charge in [-0.2, -0.15) is 0 Å². The van der Waals surface area contributed by atoms with Crippen LogP contribution in [-0.2, 0) is 9.53 Å². The number of rotatable bonds is 7. The highest BCUT2D eigenvalue weighted by molar-refractivity contribution is 5.94. The summed E-state index contributed by atoms with van der Waals surface area (Å²) in [4.78, 5) is 24.9. The van der Waals surface area contributed by atoms with Crippen LogP contribution in [0.4, 0.5) is 0 Å². The molecule has 2 N–H and O–H groups in total. The highest BCUT2D eigenvalue weighted by Gasteiger charge is 2.21. The Kier molecular flexibility index (Phi) is 6.39. The van der Waals surface area contributed by atoms with Crippen LogP contribution in [0.3, 0.4) is 0 Å². The fraction of sp³-hybridized carbons (Fsp3) is 0.333. The van der Waals surface area contributed by atoms with E-state index in [0.29, 0.717) is 12.1 Å². The minimum atomic E-state index is -0.381. The SMILES string of the molecule is O=C(C[C@H](NC(=O)c1ccccc1)c1ccccc1)NC[C@H]1CCCO1. The van der Waals surface area contributed by atoms with Crippen LogP contribution in [0.5, 0.6) is 0 Å².